The van der Waals surface area contributed by atoms with Gasteiger partial charge in [-0.25, -0.2) is 0 Å². The highest BCUT2D eigenvalue weighted by molar-refractivity contribution is 5.71. The smallest absolute Gasteiger partial charge is 0.306 e. The summed E-state index contributed by atoms with van der Waals surface area (Å²) in [6, 6.07) is 0. The van der Waals surface area contributed by atoms with E-state index in [0.29, 0.717) is 19.3 Å². The van der Waals surface area contributed by atoms with Crippen LogP contribution in [0, 0.1) is 0 Å². The summed E-state index contributed by atoms with van der Waals surface area (Å²) in [7, 11) is 0. The number of carbonyl (C=O) groups is 3. The summed E-state index contributed by atoms with van der Waals surface area (Å²) in [6.07, 6.45) is 64.6. The largest absolute Gasteiger partial charge is 0.462 e. The maximum absolute atomic E-state index is 12.8. The van der Waals surface area contributed by atoms with Crippen LogP contribution in [0.15, 0.2) is 36.5 Å². The molecule has 380 valence electrons. The molecule has 1 unspecified atom stereocenters. The number of carbonyl (C=O) groups excluding carboxylic acids is 3. The minimum Gasteiger partial charge on any atom is -0.462 e. The van der Waals surface area contributed by atoms with E-state index < -0.39 is 6.10 Å². The van der Waals surface area contributed by atoms with Gasteiger partial charge in [0.2, 0.25) is 0 Å². The third-order valence-electron chi connectivity index (χ3n) is 12.7. The van der Waals surface area contributed by atoms with Crippen LogP contribution in [0.4, 0.5) is 0 Å². The molecule has 65 heavy (non-hydrogen) atoms. The Hall–Kier alpha value is -2.37. The average Bonchev–Trinajstić information content (AvgIpc) is 3.30. The minimum atomic E-state index is -0.771. The third kappa shape index (κ3) is 52.5. The molecule has 0 heterocycles. The first-order chi connectivity index (χ1) is 32.0. The van der Waals surface area contributed by atoms with E-state index in [1.165, 1.54) is 180 Å². The molecule has 1 atom stereocenters. The fraction of sp³-hybridized carbons (Fsp3) is 0.847. The van der Waals surface area contributed by atoms with Gasteiger partial charge in [0.15, 0.2) is 6.10 Å². The normalized spacial score (nSPS) is 12.2. The molecule has 0 saturated carbocycles. The van der Waals surface area contributed by atoms with Gasteiger partial charge in [0.25, 0.3) is 0 Å². The number of ether oxygens (including phenoxy) is 3. The molecule has 0 aliphatic carbocycles. The summed E-state index contributed by atoms with van der Waals surface area (Å²) in [5, 5.41) is 0. The van der Waals surface area contributed by atoms with Crippen molar-refractivity contribution >= 4 is 17.9 Å². The van der Waals surface area contributed by atoms with Crippen molar-refractivity contribution in [3.63, 3.8) is 0 Å². The van der Waals surface area contributed by atoms with Crippen molar-refractivity contribution in [2.24, 2.45) is 0 Å². The summed E-state index contributed by atoms with van der Waals surface area (Å²) >= 11 is 0. The van der Waals surface area contributed by atoms with E-state index in [1.807, 2.05) is 0 Å². The zero-order chi connectivity index (χ0) is 47.2. The van der Waals surface area contributed by atoms with Crippen LogP contribution in [0.25, 0.3) is 0 Å². The van der Waals surface area contributed by atoms with E-state index in [-0.39, 0.29) is 31.1 Å². The highest BCUT2D eigenvalue weighted by atomic mass is 16.6. The van der Waals surface area contributed by atoms with Crippen molar-refractivity contribution < 1.29 is 28.6 Å². The highest BCUT2D eigenvalue weighted by Crippen LogP contribution is 2.17. The van der Waals surface area contributed by atoms with E-state index in [0.717, 1.165) is 83.5 Å². The van der Waals surface area contributed by atoms with Crippen LogP contribution in [0.3, 0.4) is 0 Å². The number of hydrogen-bond donors (Lipinski definition) is 0. The fourth-order valence-corrected chi connectivity index (χ4v) is 8.40. The van der Waals surface area contributed by atoms with Crippen LogP contribution < -0.4 is 0 Å². The fourth-order valence-electron chi connectivity index (χ4n) is 8.40. The maximum Gasteiger partial charge on any atom is 0.306 e. The molecule has 6 nitrogen and oxygen atoms in total. The molecule has 0 bridgehead atoms. The van der Waals surface area contributed by atoms with Gasteiger partial charge in [-0.15, -0.1) is 0 Å². The van der Waals surface area contributed by atoms with E-state index in [2.05, 4.69) is 57.2 Å². The van der Waals surface area contributed by atoms with Gasteiger partial charge in [-0.3, -0.25) is 14.4 Å². The summed E-state index contributed by atoms with van der Waals surface area (Å²) in [6.45, 7) is 6.50. The Bertz CT molecular complexity index is 1090. The lowest BCUT2D eigenvalue weighted by Crippen LogP contribution is -2.30. The van der Waals surface area contributed by atoms with Gasteiger partial charge in [-0.05, 0) is 51.4 Å². The lowest BCUT2D eigenvalue weighted by Gasteiger charge is -2.18. The highest BCUT2D eigenvalue weighted by Gasteiger charge is 2.19. The van der Waals surface area contributed by atoms with Gasteiger partial charge < -0.3 is 14.2 Å². The number of esters is 3. The molecule has 0 aliphatic heterocycles. The van der Waals surface area contributed by atoms with Crippen LogP contribution >= 0.6 is 0 Å². The number of hydrogen-bond acceptors (Lipinski definition) is 6. The number of rotatable bonds is 52. The van der Waals surface area contributed by atoms with Gasteiger partial charge in [0.1, 0.15) is 13.2 Å². The molecule has 0 aromatic carbocycles. The quantitative estimate of drug-likeness (QED) is 0.0262. The van der Waals surface area contributed by atoms with Gasteiger partial charge in [-0.2, -0.15) is 0 Å². The molecule has 0 amide bonds. The predicted octanol–water partition coefficient (Wildman–Crippen LogP) is 18.9. The van der Waals surface area contributed by atoms with E-state index in [9.17, 15) is 14.4 Å². The molecular weight excluding hydrogens is 805 g/mol. The van der Waals surface area contributed by atoms with Crippen molar-refractivity contribution in [1.82, 2.24) is 0 Å². The van der Waals surface area contributed by atoms with Crippen molar-refractivity contribution in [2.45, 2.75) is 309 Å². The molecule has 0 saturated heterocycles. The first kappa shape index (κ1) is 62.6. The van der Waals surface area contributed by atoms with Gasteiger partial charge in [-0.1, -0.05) is 269 Å². The Morgan fingerprint density at radius 3 is 0.938 bits per heavy atom. The molecule has 0 spiro atoms. The monoisotopic (exact) mass is 913 g/mol. The van der Waals surface area contributed by atoms with Crippen molar-refractivity contribution in [3.05, 3.63) is 36.5 Å². The van der Waals surface area contributed by atoms with Gasteiger partial charge in [0, 0.05) is 19.3 Å². The third-order valence-corrected chi connectivity index (χ3v) is 12.7. The van der Waals surface area contributed by atoms with Gasteiger partial charge >= 0.3 is 17.9 Å². The summed E-state index contributed by atoms with van der Waals surface area (Å²) in [4.78, 5) is 37.8. The zero-order valence-corrected chi connectivity index (χ0v) is 43.5. The SMILES string of the molecule is CC/C=C\C/C=C\C/C=C\CCCCCCCCCC(=O)OC(COC(=O)CCCCCCCC)COC(=O)CCCCCCCCCCCCCCCCCCCCCCCCCC. The molecule has 0 aromatic heterocycles. The van der Waals surface area contributed by atoms with Gasteiger partial charge in [0.05, 0.1) is 0 Å². The molecule has 0 aromatic rings. The lowest BCUT2D eigenvalue weighted by atomic mass is 10.0. The molecule has 0 rings (SSSR count). The summed E-state index contributed by atoms with van der Waals surface area (Å²) < 4.78 is 16.7. The maximum atomic E-state index is 12.8. The lowest BCUT2D eigenvalue weighted by molar-refractivity contribution is -0.167. The number of allylic oxidation sites excluding steroid dienone is 6. The van der Waals surface area contributed by atoms with Crippen molar-refractivity contribution in [3.8, 4) is 0 Å². The van der Waals surface area contributed by atoms with Crippen molar-refractivity contribution in [1.29, 1.82) is 0 Å². The summed E-state index contributed by atoms with van der Waals surface area (Å²) in [5.41, 5.74) is 0. The zero-order valence-electron chi connectivity index (χ0n) is 43.5. The Balaban J connectivity index is 4.08. The molecule has 6 heteroatoms. The molecule has 0 aliphatic rings. The Morgan fingerprint density at radius 1 is 0.323 bits per heavy atom. The Morgan fingerprint density at radius 2 is 0.600 bits per heavy atom. The predicted molar refractivity (Wildman–Crippen MR) is 279 cm³/mol. The van der Waals surface area contributed by atoms with Crippen LogP contribution in [0.1, 0.15) is 303 Å². The second-order valence-electron chi connectivity index (χ2n) is 19.2. The molecule has 0 radical (unpaired) electrons. The van der Waals surface area contributed by atoms with E-state index in [1.54, 1.807) is 0 Å². The average molecular weight is 914 g/mol. The van der Waals surface area contributed by atoms with E-state index >= 15 is 0 Å². The molecule has 0 fully saturated rings. The number of unbranched alkanes of at least 4 members (excludes halogenated alkanes) is 35. The topological polar surface area (TPSA) is 78.9 Å². The summed E-state index contributed by atoms with van der Waals surface area (Å²) in [5.74, 6) is -0.878. The molecular formula is C59H108O6. The first-order valence-corrected chi connectivity index (χ1v) is 28.5. The van der Waals surface area contributed by atoms with Crippen molar-refractivity contribution in [2.75, 3.05) is 13.2 Å². The first-order valence-electron chi connectivity index (χ1n) is 28.5. The van der Waals surface area contributed by atoms with Crippen LogP contribution in [-0.4, -0.2) is 37.2 Å². The Kier molecular flexibility index (Phi) is 52.3. The van der Waals surface area contributed by atoms with Crippen LogP contribution in [0.5, 0.6) is 0 Å². The minimum absolute atomic E-state index is 0.0726. The standard InChI is InChI=1S/C59H108O6/c1-4-7-10-13-16-18-20-22-24-26-27-28-29-30-31-32-34-35-37-39-41-43-46-49-52-58(61)64-55-56(54-63-57(60)51-48-45-15-12-9-6-3)65-59(62)53-50-47-44-42-40-38-36-33-25-23-21-19-17-14-11-8-5-2/h8,11,17,19,23,25,56H,4-7,9-10,12-16,18,20-22,24,26-55H2,1-3H3/b11-8-,19-17-,25-23-. The van der Waals surface area contributed by atoms with Crippen LogP contribution in [-0.2, 0) is 28.6 Å². The Labute approximate surface area is 404 Å². The van der Waals surface area contributed by atoms with E-state index in [4.69, 9.17) is 14.2 Å². The molecule has 0 N–H and O–H groups in total. The van der Waals surface area contributed by atoms with Crippen LogP contribution in [0.2, 0.25) is 0 Å². The second-order valence-corrected chi connectivity index (χ2v) is 19.2. The second kappa shape index (κ2) is 54.2.